The van der Waals surface area contributed by atoms with Crippen molar-refractivity contribution in [2.75, 3.05) is 6.54 Å². The Kier molecular flexibility index (Phi) is 3.78. The van der Waals surface area contributed by atoms with Gasteiger partial charge >= 0.3 is 12.3 Å². The van der Waals surface area contributed by atoms with Gasteiger partial charge in [-0.2, -0.15) is 23.3 Å². The van der Waals surface area contributed by atoms with E-state index < -0.39 is 30.8 Å². The molecule has 7 nitrogen and oxygen atoms in total. The average Bonchev–Trinajstić information content (AvgIpc) is 3.03. The lowest BCUT2D eigenvalue weighted by Gasteiger charge is -2.21. The highest BCUT2D eigenvalue weighted by Gasteiger charge is 2.49. The number of fused-ring (bicyclic) bond motifs is 1. The van der Waals surface area contributed by atoms with Crippen molar-refractivity contribution >= 4 is 28.7 Å². The summed E-state index contributed by atoms with van der Waals surface area (Å²) in [7, 11) is 0. The first-order valence-electron chi connectivity index (χ1n) is 6.66. The second-order valence-corrected chi connectivity index (χ2v) is 5.65. The minimum absolute atomic E-state index is 0.0195. The number of nitrogens with zero attached hydrogens (tertiary/aromatic N) is 5. The van der Waals surface area contributed by atoms with Gasteiger partial charge in [-0.15, -0.1) is 0 Å². The summed E-state index contributed by atoms with van der Waals surface area (Å²) in [5, 5.41) is 13.7. The van der Waals surface area contributed by atoms with Crippen LogP contribution in [0.1, 0.15) is 6.42 Å². The van der Waals surface area contributed by atoms with Crippen molar-refractivity contribution in [3.05, 3.63) is 17.7 Å². The predicted molar refractivity (Wildman–Crippen MR) is 73.0 cm³/mol. The monoisotopic (exact) mass is 349 g/mol. The molecule has 124 valence electrons. The quantitative estimate of drug-likeness (QED) is 0.842. The lowest BCUT2D eigenvalue weighted by Crippen LogP contribution is -2.37. The number of hydrogen-bond donors (Lipinski definition) is 1. The number of alkyl halides is 3. The maximum absolute atomic E-state index is 12.9. The van der Waals surface area contributed by atoms with Gasteiger partial charge in [-0.3, -0.25) is 0 Å². The van der Waals surface area contributed by atoms with E-state index in [0.29, 0.717) is 11.0 Å². The van der Waals surface area contributed by atoms with E-state index in [1.165, 1.54) is 17.1 Å². The van der Waals surface area contributed by atoms with Gasteiger partial charge in [0.25, 0.3) is 0 Å². The van der Waals surface area contributed by atoms with Crippen molar-refractivity contribution in [2.24, 2.45) is 5.92 Å². The van der Waals surface area contributed by atoms with Crippen LogP contribution in [0.25, 0.3) is 11.0 Å². The van der Waals surface area contributed by atoms with E-state index >= 15 is 0 Å². The standard InChI is InChI=1S/C12H11ClF3N5O2/c13-10-17-2-6-3-18-21(9(6)19-10)5-8-1-7(12(14,15)16)4-20(8)11(22)23/h2-3,7-8H,1,4-5H2,(H,22,23)/t7-,8-/m0/s1. The van der Waals surface area contributed by atoms with Crippen LogP contribution in [0.5, 0.6) is 0 Å². The highest BCUT2D eigenvalue weighted by atomic mass is 35.5. The lowest BCUT2D eigenvalue weighted by molar-refractivity contribution is -0.170. The Labute approximate surface area is 132 Å². The van der Waals surface area contributed by atoms with Crippen LogP contribution in [0.15, 0.2) is 12.4 Å². The van der Waals surface area contributed by atoms with Crippen molar-refractivity contribution in [1.29, 1.82) is 0 Å². The minimum Gasteiger partial charge on any atom is -0.465 e. The largest absolute Gasteiger partial charge is 0.465 e. The first kappa shape index (κ1) is 15.8. The zero-order valence-electron chi connectivity index (χ0n) is 11.5. The van der Waals surface area contributed by atoms with E-state index in [1.54, 1.807) is 0 Å². The van der Waals surface area contributed by atoms with E-state index in [2.05, 4.69) is 15.1 Å². The van der Waals surface area contributed by atoms with Gasteiger partial charge in [0.2, 0.25) is 5.28 Å². The maximum atomic E-state index is 12.9. The molecular weight excluding hydrogens is 339 g/mol. The van der Waals surface area contributed by atoms with Gasteiger partial charge in [-0.05, 0) is 18.0 Å². The molecule has 1 saturated heterocycles. The summed E-state index contributed by atoms with van der Waals surface area (Å²) in [4.78, 5) is 19.8. The fourth-order valence-electron chi connectivity index (χ4n) is 2.74. The van der Waals surface area contributed by atoms with Crippen molar-refractivity contribution in [3.8, 4) is 0 Å². The lowest BCUT2D eigenvalue weighted by atomic mass is 10.1. The first-order valence-corrected chi connectivity index (χ1v) is 7.04. The van der Waals surface area contributed by atoms with Crippen LogP contribution in [0.3, 0.4) is 0 Å². The minimum atomic E-state index is -4.43. The van der Waals surface area contributed by atoms with E-state index in [0.717, 1.165) is 4.90 Å². The summed E-state index contributed by atoms with van der Waals surface area (Å²) in [6.07, 6.45) is -3.23. The van der Waals surface area contributed by atoms with E-state index in [4.69, 9.17) is 16.7 Å². The molecule has 0 radical (unpaired) electrons. The van der Waals surface area contributed by atoms with Gasteiger partial charge < -0.3 is 10.0 Å². The molecule has 0 spiro atoms. The smallest absolute Gasteiger partial charge is 0.407 e. The first-order chi connectivity index (χ1) is 10.8. The van der Waals surface area contributed by atoms with Crippen LogP contribution >= 0.6 is 11.6 Å². The second kappa shape index (κ2) is 5.52. The van der Waals surface area contributed by atoms with Gasteiger partial charge in [0.1, 0.15) is 0 Å². The molecule has 0 aromatic carbocycles. The summed E-state index contributed by atoms with van der Waals surface area (Å²) < 4.78 is 40.0. The molecule has 2 aromatic heterocycles. The molecule has 11 heteroatoms. The summed E-state index contributed by atoms with van der Waals surface area (Å²) in [6, 6.07) is -0.837. The summed E-state index contributed by atoms with van der Waals surface area (Å²) in [6.45, 7) is -0.603. The Morgan fingerprint density at radius 3 is 2.83 bits per heavy atom. The molecule has 1 fully saturated rings. The number of likely N-dealkylation sites (tertiary alicyclic amines) is 1. The van der Waals surface area contributed by atoms with Crippen LogP contribution in [0, 0.1) is 5.92 Å². The number of carboxylic acid groups (broad SMARTS) is 1. The van der Waals surface area contributed by atoms with Crippen LogP contribution < -0.4 is 0 Å². The van der Waals surface area contributed by atoms with Crippen molar-refractivity contribution < 1.29 is 23.1 Å². The Hall–Kier alpha value is -2.10. The molecule has 3 heterocycles. The Morgan fingerprint density at radius 2 is 2.17 bits per heavy atom. The SMILES string of the molecule is O=C(O)N1C[C@@H](C(F)(F)F)C[C@H]1Cn1ncc2cnc(Cl)nc21. The fourth-order valence-corrected chi connectivity index (χ4v) is 2.87. The van der Waals surface area contributed by atoms with Crippen molar-refractivity contribution in [3.63, 3.8) is 0 Å². The molecule has 0 aliphatic carbocycles. The molecule has 1 aliphatic heterocycles. The summed E-state index contributed by atoms with van der Waals surface area (Å²) in [5.74, 6) is -1.68. The van der Waals surface area contributed by atoms with Crippen LogP contribution in [-0.2, 0) is 6.54 Å². The third-order valence-electron chi connectivity index (χ3n) is 3.85. The van der Waals surface area contributed by atoms with Crippen molar-refractivity contribution in [1.82, 2.24) is 24.6 Å². The molecule has 3 rings (SSSR count). The van der Waals surface area contributed by atoms with Gasteiger partial charge in [0.15, 0.2) is 5.65 Å². The zero-order valence-corrected chi connectivity index (χ0v) is 12.3. The molecule has 0 saturated carbocycles. The molecule has 23 heavy (non-hydrogen) atoms. The second-order valence-electron chi connectivity index (χ2n) is 5.31. The highest BCUT2D eigenvalue weighted by Crippen LogP contribution is 2.37. The molecule has 0 unspecified atom stereocenters. The maximum Gasteiger partial charge on any atom is 0.407 e. The number of halogens is 4. The van der Waals surface area contributed by atoms with Gasteiger partial charge in [0, 0.05) is 12.7 Å². The number of carbonyl (C=O) groups is 1. The molecular formula is C12H11ClF3N5O2. The molecule has 1 amide bonds. The van der Waals surface area contributed by atoms with Crippen LogP contribution in [0.2, 0.25) is 5.28 Å². The van der Waals surface area contributed by atoms with Gasteiger partial charge in [0.05, 0.1) is 30.1 Å². The Morgan fingerprint density at radius 1 is 1.43 bits per heavy atom. The number of hydrogen-bond acceptors (Lipinski definition) is 4. The average molecular weight is 350 g/mol. The molecule has 0 bridgehead atoms. The van der Waals surface area contributed by atoms with Gasteiger partial charge in [-0.25, -0.2) is 14.5 Å². The third-order valence-corrected chi connectivity index (χ3v) is 4.04. The van der Waals surface area contributed by atoms with Crippen molar-refractivity contribution in [2.45, 2.75) is 25.2 Å². The number of amides is 1. The fraction of sp³-hybridized carbons (Fsp3) is 0.500. The number of rotatable bonds is 2. The number of aromatic nitrogens is 4. The van der Waals surface area contributed by atoms with Crippen LogP contribution in [0.4, 0.5) is 18.0 Å². The molecule has 2 aromatic rings. The Bertz CT molecular complexity index is 750. The molecule has 1 aliphatic rings. The summed E-state index contributed by atoms with van der Waals surface area (Å²) in [5.41, 5.74) is 0.353. The van der Waals surface area contributed by atoms with Crippen LogP contribution in [-0.4, -0.2) is 54.6 Å². The van der Waals surface area contributed by atoms with E-state index in [9.17, 15) is 18.0 Å². The predicted octanol–water partition coefficient (Wildman–Crippen LogP) is 2.41. The third kappa shape index (κ3) is 3.03. The van der Waals surface area contributed by atoms with Gasteiger partial charge in [-0.1, -0.05) is 0 Å². The molecule has 2 atom stereocenters. The normalized spacial score (nSPS) is 22.0. The molecule has 1 N–H and O–H groups in total. The van der Waals surface area contributed by atoms with E-state index in [-0.39, 0.29) is 18.2 Å². The summed E-state index contributed by atoms with van der Waals surface area (Å²) >= 11 is 5.71. The highest BCUT2D eigenvalue weighted by molar-refractivity contribution is 6.28. The van der Waals surface area contributed by atoms with E-state index in [1.807, 2.05) is 0 Å². The Balaban J connectivity index is 1.87. The topological polar surface area (TPSA) is 84.1 Å². The zero-order chi connectivity index (χ0) is 16.8.